The van der Waals surface area contributed by atoms with Gasteiger partial charge in [0.05, 0.1) is 0 Å². The van der Waals surface area contributed by atoms with E-state index in [0.717, 1.165) is 32.5 Å². The highest BCUT2D eigenvalue weighted by Crippen LogP contribution is 2.20. The van der Waals surface area contributed by atoms with Crippen LogP contribution in [0.1, 0.15) is 40.5 Å². The van der Waals surface area contributed by atoms with Gasteiger partial charge in [-0.05, 0) is 59.5 Å². The van der Waals surface area contributed by atoms with Crippen molar-refractivity contribution in [2.24, 2.45) is 11.7 Å². The van der Waals surface area contributed by atoms with E-state index in [1.54, 1.807) is 7.11 Å². The SMILES string of the molecule is COCC1CCN(C(CN)C(C)NC(=O)OC(C)(C)C)CC1. The summed E-state index contributed by atoms with van der Waals surface area (Å²) in [5, 5.41) is 2.91. The fourth-order valence-electron chi connectivity index (χ4n) is 2.95. The lowest BCUT2D eigenvalue weighted by Gasteiger charge is -2.39. The zero-order valence-corrected chi connectivity index (χ0v) is 14.7. The predicted molar refractivity (Wildman–Crippen MR) is 87.8 cm³/mol. The molecule has 6 heteroatoms. The van der Waals surface area contributed by atoms with Gasteiger partial charge in [0, 0.05) is 32.3 Å². The molecule has 1 saturated heterocycles. The van der Waals surface area contributed by atoms with Crippen molar-refractivity contribution in [3.8, 4) is 0 Å². The Bertz CT molecular complexity index is 336. The third-order valence-corrected chi connectivity index (χ3v) is 4.08. The van der Waals surface area contributed by atoms with Gasteiger partial charge in [-0.2, -0.15) is 0 Å². The Morgan fingerprint density at radius 2 is 1.95 bits per heavy atom. The maximum absolute atomic E-state index is 11.9. The van der Waals surface area contributed by atoms with Crippen molar-refractivity contribution >= 4 is 6.09 Å². The van der Waals surface area contributed by atoms with Gasteiger partial charge in [-0.3, -0.25) is 4.90 Å². The molecular weight excluding hydrogens is 282 g/mol. The molecule has 1 fully saturated rings. The summed E-state index contributed by atoms with van der Waals surface area (Å²) in [5.74, 6) is 0.633. The number of rotatable bonds is 6. The lowest BCUT2D eigenvalue weighted by Crippen LogP contribution is -2.56. The first kappa shape index (κ1) is 19.2. The highest BCUT2D eigenvalue weighted by atomic mass is 16.6. The van der Waals surface area contributed by atoms with E-state index < -0.39 is 5.60 Å². The number of piperidine rings is 1. The Balaban J connectivity index is 2.48. The van der Waals surface area contributed by atoms with Crippen LogP contribution in [-0.4, -0.2) is 62.0 Å². The largest absolute Gasteiger partial charge is 0.444 e. The Morgan fingerprint density at radius 3 is 2.41 bits per heavy atom. The first-order valence-electron chi connectivity index (χ1n) is 8.19. The first-order chi connectivity index (χ1) is 10.3. The third-order valence-electron chi connectivity index (χ3n) is 4.08. The molecule has 130 valence electrons. The van der Waals surface area contributed by atoms with Crippen molar-refractivity contribution in [1.82, 2.24) is 10.2 Å². The molecule has 0 aliphatic carbocycles. The van der Waals surface area contributed by atoms with Crippen molar-refractivity contribution in [3.05, 3.63) is 0 Å². The van der Waals surface area contributed by atoms with E-state index in [4.69, 9.17) is 15.2 Å². The zero-order valence-electron chi connectivity index (χ0n) is 14.7. The fourth-order valence-corrected chi connectivity index (χ4v) is 2.95. The summed E-state index contributed by atoms with van der Waals surface area (Å²) < 4.78 is 10.5. The number of carbonyl (C=O) groups is 1. The van der Waals surface area contributed by atoms with Crippen molar-refractivity contribution in [2.45, 2.75) is 58.2 Å². The molecule has 2 atom stereocenters. The predicted octanol–water partition coefficient (Wildman–Crippen LogP) is 1.59. The quantitative estimate of drug-likeness (QED) is 0.778. The van der Waals surface area contributed by atoms with Gasteiger partial charge in [-0.1, -0.05) is 0 Å². The van der Waals surface area contributed by atoms with E-state index in [9.17, 15) is 4.79 Å². The van der Waals surface area contributed by atoms with Crippen molar-refractivity contribution < 1.29 is 14.3 Å². The molecule has 3 N–H and O–H groups in total. The number of ether oxygens (including phenoxy) is 2. The number of hydrogen-bond acceptors (Lipinski definition) is 5. The smallest absolute Gasteiger partial charge is 0.407 e. The van der Waals surface area contributed by atoms with Crippen LogP contribution in [0, 0.1) is 5.92 Å². The summed E-state index contributed by atoms with van der Waals surface area (Å²) in [5.41, 5.74) is 5.46. The monoisotopic (exact) mass is 315 g/mol. The molecule has 6 nitrogen and oxygen atoms in total. The molecule has 0 aromatic heterocycles. The van der Waals surface area contributed by atoms with Crippen LogP contribution in [0.3, 0.4) is 0 Å². The Kier molecular flexibility index (Phi) is 7.59. The van der Waals surface area contributed by atoms with Gasteiger partial charge in [0.2, 0.25) is 0 Å². The number of nitrogens with zero attached hydrogens (tertiary/aromatic N) is 1. The first-order valence-corrected chi connectivity index (χ1v) is 8.19. The van der Waals surface area contributed by atoms with E-state index >= 15 is 0 Å². The molecule has 1 heterocycles. The second kappa shape index (κ2) is 8.70. The topological polar surface area (TPSA) is 76.8 Å². The number of methoxy groups -OCH3 is 1. The molecule has 1 amide bonds. The van der Waals surface area contributed by atoms with Crippen LogP contribution in [0.5, 0.6) is 0 Å². The van der Waals surface area contributed by atoms with Gasteiger partial charge in [0.15, 0.2) is 0 Å². The fraction of sp³-hybridized carbons (Fsp3) is 0.938. The molecule has 1 aliphatic heterocycles. The molecule has 0 bridgehead atoms. The number of alkyl carbamates (subject to hydrolysis) is 1. The maximum Gasteiger partial charge on any atom is 0.407 e. The van der Waals surface area contributed by atoms with Crippen LogP contribution < -0.4 is 11.1 Å². The van der Waals surface area contributed by atoms with Gasteiger partial charge in [-0.15, -0.1) is 0 Å². The minimum Gasteiger partial charge on any atom is -0.444 e. The molecule has 0 aromatic carbocycles. The second-order valence-electron chi connectivity index (χ2n) is 7.17. The zero-order chi connectivity index (χ0) is 16.8. The summed E-state index contributed by atoms with van der Waals surface area (Å²) in [7, 11) is 1.75. The standard InChI is InChI=1S/C16H33N3O3/c1-12(18-15(20)22-16(2,3)4)14(10-17)19-8-6-13(7-9-19)11-21-5/h12-14H,6-11,17H2,1-5H3,(H,18,20). The molecule has 0 saturated carbocycles. The van der Waals surface area contributed by atoms with Crippen LogP contribution in [0.25, 0.3) is 0 Å². The highest BCUT2D eigenvalue weighted by Gasteiger charge is 2.29. The van der Waals surface area contributed by atoms with E-state index in [1.807, 2.05) is 27.7 Å². The van der Waals surface area contributed by atoms with Crippen molar-refractivity contribution in [2.75, 3.05) is 33.4 Å². The second-order valence-corrected chi connectivity index (χ2v) is 7.17. The molecule has 22 heavy (non-hydrogen) atoms. The summed E-state index contributed by atoms with van der Waals surface area (Å²) in [6.07, 6.45) is 1.85. The average molecular weight is 315 g/mol. The highest BCUT2D eigenvalue weighted by molar-refractivity contribution is 5.68. The van der Waals surface area contributed by atoms with Crippen molar-refractivity contribution in [3.63, 3.8) is 0 Å². The maximum atomic E-state index is 11.9. The number of amides is 1. The lowest BCUT2D eigenvalue weighted by atomic mass is 9.95. The van der Waals surface area contributed by atoms with E-state index in [-0.39, 0.29) is 18.2 Å². The minimum absolute atomic E-state index is 0.0428. The van der Waals surface area contributed by atoms with Crippen LogP contribution in [0.2, 0.25) is 0 Å². The molecule has 2 unspecified atom stereocenters. The van der Waals surface area contributed by atoms with Crippen LogP contribution in [0.15, 0.2) is 0 Å². The molecule has 0 radical (unpaired) electrons. The molecule has 0 aromatic rings. The van der Waals surface area contributed by atoms with Gasteiger partial charge < -0.3 is 20.5 Å². The van der Waals surface area contributed by atoms with Crippen LogP contribution in [0.4, 0.5) is 4.79 Å². The number of nitrogens with two attached hydrogens (primary N) is 1. The summed E-state index contributed by atoms with van der Waals surface area (Å²) in [6.45, 7) is 10.9. The molecule has 1 rings (SSSR count). The van der Waals surface area contributed by atoms with Crippen molar-refractivity contribution in [1.29, 1.82) is 0 Å². The molecule has 1 aliphatic rings. The van der Waals surface area contributed by atoms with Crippen LogP contribution in [-0.2, 0) is 9.47 Å². The Labute approximate surface area is 134 Å². The van der Waals surface area contributed by atoms with Gasteiger partial charge in [-0.25, -0.2) is 4.79 Å². The van der Waals surface area contributed by atoms with E-state index in [2.05, 4.69) is 10.2 Å². The van der Waals surface area contributed by atoms with Gasteiger partial charge in [0.25, 0.3) is 0 Å². The van der Waals surface area contributed by atoms with E-state index in [0.29, 0.717) is 12.5 Å². The third kappa shape index (κ3) is 6.50. The number of hydrogen-bond donors (Lipinski definition) is 2. The minimum atomic E-state index is -0.486. The van der Waals surface area contributed by atoms with Gasteiger partial charge >= 0.3 is 6.09 Å². The Morgan fingerprint density at radius 1 is 1.36 bits per heavy atom. The number of carbonyl (C=O) groups excluding carboxylic acids is 1. The molecule has 0 spiro atoms. The molecular formula is C16H33N3O3. The average Bonchev–Trinajstić information content (AvgIpc) is 2.39. The summed E-state index contributed by atoms with van der Waals surface area (Å²) in [6, 6.07) is 0.0924. The normalized spacial score (nSPS) is 20.5. The summed E-state index contributed by atoms with van der Waals surface area (Å²) >= 11 is 0. The summed E-state index contributed by atoms with van der Waals surface area (Å²) in [4.78, 5) is 14.3. The van der Waals surface area contributed by atoms with Crippen LogP contribution >= 0.6 is 0 Å². The number of nitrogens with one attached hydrogen (secondary N) is 1. The lowest BCUT2D eigenvalue weighted by molar-refractivity contribution is 0.0425. The number of likely N-dealkylation sites (tertiary alicyclic amines) is 1. The van der Waals surface area contributed by atoms with Gasteiger partial charge in [0.1, 0.15) is 5.60 Å². The van der Waals surface area contributed by atoms with E-state index in [1.165, 1.54) is 0 Å². The Hall–Kier alpha value is -0.850.